The minimum Gasteiger partial charge on any atom is -0.503 e. The van der Waals surface area contributed by atoms with Crippen LogP contribution in [0.1, 0.15) is 39.5 Å². The number of nitrogens with zero attached hydrogens (tertiary/aromatic N) is 2. The molecule has 1 aliphatic rings. The van der Waals surface area contributed by atoms with Crippen LogP contribution in [0, 0.1) is 13.8 Å². The molecule has 6 nitrogen and oxygen atoms in total. The normalized spacial score (nSPS) is 15.4. The number of anilines is 1. The van der Waals surface area contributed by atoms with Gasteiger partial charge in [0.25, 0.3) is 5.91 Å². The van der Waals surface area contributed by atoms with Crippen LogP contribution in [-0.4, -0.2) is 28.4 Å². The Balaban J connectivity index is 1.65. The number of ether oxygens (including phenoxy) is 1. The van der Waals surface area contributed by atoms with E-state index in [-0.39, 0.29) is 5.57 Å². The summed E-state index contributed by atoms with van der Waals surface area (Å²) in [6, 6.07) is 23.5. The maximum absolute atomic E-state index is 14.1. The van der Waals surface area contributed by atoms with Crippen molar-refractivity contribution in [3.05, 3.63) is 112 Å². The molecule has 3 aromatic carbocycles. The molecule has 1 aliphatic heterocycles. The zero-order valence-electron chi connectivity index (χ0n) is 20.8. The van der Waals surface area contributed by atoms with Gasteiger partial charge in [-0.3, -0.25) is 14.5 Å². The van der Waals surface area contributed by atoms with Gasteiger partial charge in [0.2, 0.25) is 5.78 Å². The van der Waals surface area contributed by atoms with Crippen molar-refractivity contribution in [1.29, 1.82) is 0 Å². The highest BCUT2D eigenvalue weighted by Crippen LogP contribution is 2.44. The van der Waals surface area contributed by atoms with Crippen LogP contribution in [0.2, 0.25) is 0 Å². The van der Waals surface area contributed by atoms with Crippen LogP contribution in [-0.2, 0) is 4.79 Å². The van der Waals surface area contributed by atoms with Crippen molar-refractivity contribution in [1.82, 2.24) is 4.98 Å². The van der Waals surface area contributed by atoms with Crippen LogP contribution >= 0.6 is 11.3 Å². The Hall–Kier alpha value is -4.23. The van der Waals surface area contributed by atoms with Crippen molar-refractivity contribution in [3.63, 3.8) is 0 Å². The summed E-state index contributed by atoms with van der Waals surface area (Å²) in [5, 5.41) is 11.9. The van der Waals surface area contributed by atoms with Gasteiger partial charge in [-0.2, -0.15) is 0 Å². The third-order valence-corrected chi connectivity index (χ3v) is 7.54. The van der Waals surface area contributed by atoms with Crippen molar-refractivity contribution >= 4 is 28.7 Å². The fourth-order valence-electron chi connectivity index (χ4n) is 4.61. The van der Waals surface area contributed by atoms with Crippen LogP contribution in [0.5, 0.6) is 5.75 Å². The van der Waals surface area contributed by atoms with E-state index >= 15 is 0 Å². The lowest BCUT2D eigenvalue weighted by atomic mass is 9.94. The first-order valence-electron chi connectivity index (χ1n) is 12.0. The summed E-state index contributed by atoms with van der Waals surface area (Å²) in [5.41, 5.74) is 3.63. The molecule has 7 heteroatoms. The monoisotopic (exact) mass is 510 g/mol. The summed E-state index contributed by atoms with van der Waals surface area (Å²) < 4.78 is 5.70. The quantitative estimate of drug-likeness (QED) is 0.283. The molecule has 0 saturated heterocycles. The third-order valence-electron chi connectivity index (χ3n) is 6.34. The number of aliphatic hydroxyl groups is 1. The van der Waals surface area contributed by atoms with E-state index in [1.165, 1.54) is 16.2 Å². The number of carbonyl (C=O) groups is 2. The number of aliphatic hydroxyl groups excluding tert-OH is 1. The lowest BCUT2D eigenvalue weighted by Gasteiger charge is -2.28. The van der Waals surface area contributed by atoms with Gasteiger partial charge in [-0.15, -0.1) is 11.3 Å². The van der Waals surface area contributed by atoms with Gasteiger partial charge in [0.05, 0.1) is 28.8 Å². The van der Waals surface area contributed by atoms with E-state index in [2.05, 4.69) is 4.98 Å². The van der Waals surface area contributed by atoms with E-state index < -0.39 is 23.5 Å². The first kappa shape index (κ1) is 24.5. The maximum Gasteiger partial charge on any atom is 0.294 e. The minimum absolute atomic E-state index is 0.0354. The molecule has 0 saturated carbocycles. The number of para-hydroxylation sites is 1. The van der Waals surface area contributed by atoms with Crippen LogP contribution in [0.3, 0.4) is 0 Å². The average molecular weight is 511 g/mol. The van der Waals surface area contributed by atoms with Gasteiger partial charge in [-0.25, -0.2) is 4.98 Å². The highest BCUT2D eigenvalue weighted by atomic mass is 32.1. The summed E-state index contributed by atoms with van der Waals surface area (Å²) in [5.74, 6) is -0.953. The van der Waals surface area contributed by atoms with E-state index in [1.54, 1.807) is 6.92 Å². The van der Waals surface area contributed by atoms with Crippen LogP contribution in [0.4, 0.5) is 5.69 Å². The fraction of sp³-hybridized carbons (Fsp3) is 0.167. The first-order valence-corrected chi connectivity index (χ1v) is 12.8. The second-order valence-corrected chi connectivity index (χ2v) is 9.76. The highest BCUT2D eigenvalue weighted by Gasteiger charge is 2.45. The van der Waals surface area contributed by atoms with Crippen molar-refractivity contribution in [2.75, 3.05) is 11.5 Å². The summed E-state index contributed by atoms with van der Waals surface area (Å²) in [6.07, 6.45) is 0. The molecule has 37 heavy (non-hydrogen) atoms. The van der Waals surface area contributed by atoms with Gasteiger partial charge >= 0.3 is 0 Å². The van der Waals surface area contributed by atoms with Crippen LogP contribution < -0.4 is 9.64 Å². The second-order valence-electron chi connectivity index (χ2n) is 8.76. The minimum atomic E-state index is -0.830. The summed E-state index contributed by atoms with van der Waals surface area (Å²) in [4.78, 5) is 34.1. The molecule has 0 bridgehead atoms. The fourth-order valence-corrected chi connectivity index (χ4v) is 5.64. The van der Waals surface area contributed by atoms with Gasteiger partial charge < -0.3 is 9.84 Å². The lowest BCUT2D eigenvalue weighted by molar-refractivity contribution is -0.117. The van der Waals surface area contributed by atoms with E-state index in [1.807, 2.05) is 92.7 Å². The van der Waals surface area contributed by atoms with Crippen molar-refractivity contribution in [3.8, 4) is 16.3 Å². The Kier molecular flexibility index (Phi) is 6.63. The van der Waals surface area contributed by atoms with E-state index in [9.17, 15) is 14.7 Å². The topological polar surface area (TPSA) is 79.7 Å². The molecule has 0 spiro atoms. The molecule has 1 amide bonds. The summed E-state index contributed by atoms with van der Waals surface area (Å²) in [7, 11) is 0. The number of rotatable bonds is 7. The summed E-state index contributed by atoms with van der Waals surface area (Å²) >= 11 is 1.26. The van der Waals surface area contributed by atoms with E-state index in [0.717, 1.165) is 11.1 Å². The molecule has 1 aromatic heterocycles. The number of benzene rings is 3. The predicted molar refractivity (Wildman–Crippen MR) is 145 cm³/mol. The van der Waals surface area contributed by atoms with Gasteiger partial charge in [-0.1, -0.05) is 60.7 Å². The van der Waals surface area contributed by atoms with Crippen LogP contribution in [0.25, 0.3) is 10.6 Å². The second kappa shape index (κ2) is 10.0. The van der Waals surface area contributed by atoms with Gasteiger partial charge in [0.15, 0.2) is 5.76 Å². The standard InChI is InChI=1S/C30H26N2O4S/c1-4-36-22-15-10-14-21(17-22)25-24(27(34)30(35)32(25)23-16-9-8-11-18(23)2)26(33)28-19(3)31-29(37-28)20-12-6-5-7-13-20/h5-17,25,34H,4H2,1-3H3. The molecule has 1 N–H and O–H groups in total. The summed E-state index contributed by atoms with van der Waals surface area (Å²) in [6.45, 7) is 6.04. The van der Waals surface area contributed by atoms with E-state index in [0.29, 0.717) is 39.2 Å². The Morgan fingerprint density at radius 1 is 1.03 bits per heavy atom. The Labute approximate surface area is 219 Å². The molecule has 0 aliphatic carbocycles. The highest BCUT2D eigenvalue weighted by molar-refractivity contribution is 7.17. The third kappa shape index (κ3) is 4.42. The van der Waals surface area contributed by atoms with Crippen LogP contribution in [0.15, 0.2) is 90.2 Å². The lowest BCUT2D eigenvalue weighted by Crippen LogP contribution is -2.31. The smallest absolute Gasteiger partial charge is 0.294 e. The molecule has 5 rings (SSSR count). The molecule has 0 fully saturated rings. The Bertz CT molecular complexity index is 1520. The Morgan fingerprint density at radius 3 is 2.49 bits per heavy atom. The number of carbonyl (C=O) groups excluding carboxylic acids is 2. The molecule has 0 radical (unpaired) electrons. The van der Waals surface area contributed by atoms with Crippen molar-refractivity contribution in [2.45, 2.75) is 26.8 Å². The zero-order valence-corrected chi connectivity index (χ0v) is 21.6. The molecule has 2 heterocycles. The van der Waals surface area contributed by atoms with Gasteiger partial charge in [-0.05, 0) is 50.1 Å². The number of ketones is 1. The number of hydrogen-bond donors (Lipinski definition) is 1. The molecule has 186 valence electrons. The maximum atomic E-state index is 14.1. The number of amides is 1. The number of aromatic nitrogens is 1. The number of Topliss-reactive ketones (excluding diaryl/α,β-unsaturated/α-hetero) is 1. The molecule has 1 unspecified atom stereocenters. The largest absolute Gasteiger partial charge is 0.503 e. The zero-order chi connectivity index (χ0) is 26.1. The van der Waals surface area contributed by atoms with Gasteiger partial charge in [0, 0.05) is 11.3 Å². The molecular formula is C30H26N2O4S. The predicted octanol–water partition coefficient (Wildman–Crippen LogP) is 6.61. The van der Waals surface area contributed by atoms with Gasteiger partial charge in [0.1, 0.15) is 10.8 Å². The van der Waals surface area contributed by atoms with E-state index in [4.69, 9.17) is 4.74 Å². The number of aryl methyl sites for hydroxylation is 2. The van der Waals surface area contributed by atoms with Crippen molar-refractivity contribution in [2.24, 2.45) is 0 Å². The number of hydrogen-bond acceptors (Lipinski definition) is 6. The SMILES string of the molecule is CCOc1cccc(C2C(C(=O)c3sc(-c4ccccc4)nc3C)=C(O)C(=O)N2c2ccccc2C)c1. The first-order chi connectivity index (χ1) is 17.9. The molecule has 1 atom stereocenters. The van der Waals surface area contributed by atoms with Crippen molar-refractivity contribution < 1.29 is 19.4 Å². The molecule has 4 aromatic rings. The average Bonchev–Trinajstić information content (AvgIpc) is 3.42. The number of thiazole rings is 1. The molecular weight excluding hydrogens is 484 g/mol. The Morgan fingerprint density at radius 2 is 1.76 bits per heavy atom.